The van der Waals surface area contributed by atoms with Crippen molar-refractivity contribution in [2.75, 3.05) is 4.90 Å². The van der Waals surface area contributed by atoms with E-state index in [2.05, 4.69) is 0 Å². The molecule has 0 unspecified atom stereocenters. The van der Waals surface area contributed by atoms with Crippen molar-refractivity contribution in [2.45, 2.75) is 13.0 Å². The number of anilines is 1. The third-order valence-electron chi connectivity index (χ3n) is 5.18. The van der Waals surface area contributed by atoms with E-state index >= 15 is 0 Å². The summed E-state index contributed by atoms with van der Waals surface area (Å²) in [6, 6.07) is 21.1. The Morgan fingerprint density at radius 3 is 2.42 bits per heavy atom. The maximum Gasteiger partial charge on any atom is 0.294 e. The average Bonchev–Trinajstić information content (AvgIpc) is 3.04. The minimum Gasteiger partial charge on any atom is -0.503 e. The van der Waals surface area contributed by atoms with E-state index in [0.29, 0.717) is 5.69 Å². The van der Waals surface area contributed by atoms with Crippen LogP contribution in [0.1, 0.15) is 22.7 Å². The zero-order valence-electron chi connectivity index (χ0n) is 16.8. The number of ketones is 1. The van der Waals surface area contributed by atoms with Crippen molar-refractivity contribution in [3.8, 4) is 0 Å². The Kier molecular flexibility index (Phi) is 5.50. The Hall–Kier alpha value is -3.99. The van der Waals surface area contributed by atoms with Gasteiger partial charge in [0.25, 0.3) is 5.91 Å². The molecule has 4 rings (SSSR count). The van der Waals surface area contributed by atoms with Gasteiger partial charge in [0.1, 0.15) is 5.82 Å². The van der Waals surface area contributed by atoms with Gasteiger partial charge in [0, 0.05) is 11.3 Å². The quantitative estimate of drug-likeness (QED) is 0.576. The van der Waals surface area contributed by atoms with Gasteiger partial charge in [-0.05, 0) is 42.3 Å². The molecule has 1 heterocycles. The van der Waals surface area contributed by atoms with E-state index in [-0.39, 0.29) is 11.1 Å². The third kappa shape index (κ3) is 3.90. The molecule has 1 N–H and O–H groups in total. The number of hydrogen-bond donors (Lipinski definition) is 1. The summed E-state index contributed by atoms with van der Waals surface area (Å²) in [4.78, 5) is 27.4. The van der Waals surface area contributed by atoms with Gasteiger partial charge in [-0.2, -0.15) is 0 Å². The highest BCUT2D eigenvalue weighted by molar-refractivity contribution is 6.19. The van der Waals surface area contributed by atoms with Crippen LogP contribution in [-0.4, -0.2) is 16.8 Å². The first-order chi connectivity index (χ1) is 15.0. The molecule has 4 nitrogen and oxygen atoms in total. The summed E-state index contributed by atoms with van der Waals surface area (Å²) in [5.74, 6) is -2.53. The molecular weight excluding hydrogens is 393 g/mol. The second kappa shape index (κ2) is 8.40. The molecule has 3 aromatic carbocycles. The molecule has 1 amide bonds. The van der Waals surface area contributed by atoms with E-state index in [1.807, 2.05) is 43.3 Å². The van der Waals surface area contributed by atoms with Gasteiger partial charge in [0.2, 0.25) is 0 Å². The molecule has 31 heavy (non-hydrogen) atoms. The normalized spacial score (nSPS) is 16.4. The fourth-order valence-electron chi connectivity index (χ4n) is 3.72. The Morgan fingerprint density at radius 2 is 1.71 bits per heavy atom. The molecule has 154 valence electrons. The maximum atomic E-state index is 14.8. The first kappa shape index (κ1) is 20.3. The number of nitrogens with zero attached hydrogens (tertiary/aromatic N) is 1. The predicted octanol–water partition coefficient (Wildman–Crippen LogP) is 5.32. The summed E-state index contributed by atoms with van der Waals surface area (Å²) in [7, 11) is 0. The molecule has 0 radical (unpaired) electrons. The summed E-state index contributed by atoms with van der Waals surface area (Å²) >= 11 is 0. The molecule has 0 saturated heterocycles. The lowest BCUT2D eigenvalue weighted by Gasteiger charge is -2.27. The van der Waals surface area contributed by atoms with Crippen LogP contribution in [0.4, 0.5) is 10.1 Å². The molecule has 0 fully saturated rings. The van der Waals surface area contributed by atoms with E-state index < -0.39 is 29.3 Å². The minimum absolute atomic E-state index is 0.137. The van der Waals surface area contributed by atoms with Crippen LogP contribution in [0.15, 0.2) is 96.3 Å². The molecule has 0 aliphatic carbocycles. The summed E-state index contributed by atoms with van der Waals surface area (Å²) in [5, 5.41) is 10.7. The van der Waals surface area contributed by atoms with Gasteiger partial charge < -0.3 is 5.11 Å². The van der Waals surface area contributed by atoms with Crippen LogP contribution in [-0.2, 0) is 9.59 Å². The standard InChI is InChI=1S/C26H20FNO3/c1-17-8-7-11-19(16-17)28-24(20-12-5-6-13-21(20)27)23(25(30)26(28)31)22(29)15-14-18-9-3-2-4-10-18/h2-16,24,30H,1H3/b15-14-/t24-/m0/s1. The van der Waals surface area contributed by atoms with Crippen molar-refractivity contribution in [3.05, 3.63) is 119 Å². The number of allylic oxidation sites excluding steroid dienone is 1. The number of amides is 1. The highest BCUT2D eigenvalue weighted by Crippen LogP contribution is 2.42. The average molecular weight is 413 g/mol. The Balaban J connectivity index is 1.82. The molecule has 0 bridgehead atoms. The molecule has 3 aromatic rings. The molecule has 0 saturated carbocycles. The monoisotopic (exact) mass is 413 g/mol. The van der Waals surface area contributed by atoms with Gasteiger partial charge in [0.15, 0.2) is 11.5 Å². The minimum atomic E-state index is -1.08. The fourth-order valence-corrected chi connectivity index (χ4v) is 3.72. The molecule has 1 atom stereocenters. The first-order valence-electron chi connectivity index (χ1n) is 9.82. The Bertz CT molecular complexity index is 1210. The van der Waals surface area contributed by atoms with Crippen LogP contribution < -0.4 is 4.90 Å². The van der Waals surface area contributed by atoms with Crippen molar-refractivity contribution in [3.63, 3.8) is 0 Å². The van der Waals surface area contributed by atoms with E-state index in [1.54, 1.807) is 30.3 Å². The van der Waals surface area contributed by atoms with E-state index in [9.17, 15) is 19.1 Å². The Labute approximate surface area is 179 Å². The van der Waals surface area contributed by atoms with Crippen molar-refractivity contribution >= 4 is 23.5 Å². The topological polar surface area (TPSA) is 57.6 Å². The van der Waals surface area contributed by atoms with Gasteiger partial charge in [-0.15, -0.1) is 0 Å². The van der Waals surface area contributed by atoms with Crippen molar-refractivity contribution < 1.29 is 19.1 Å². The number of aliphatic hydroxyl groups is 1. The maximum absolute atomic E-state index is 14.8. The van der Waals surface area contributed by atoms with E-state index in [4.69, 9.17) is 0 Å². The predicted molar refractivity (Wildman–Crippen MR) is 118 cm³/mol. The fraction of sp³-hybridized carbons (Fsp3) is 0.0769. The summed E-state index contributed by atoms with van der Waals surface area (Å²) in [6.07, 6.45) is 2.89. The highest BCUT2D eigenvalue weighted by atomic mass is 19.1. The lowest BCUT2D eigenvalue weighted by atomic mass is 9.94. The number of rotatable bonds is 5. The number of hydrogen-bond acceptors (Lipinski definition) is 3. The van der Waals surface area contributed by atoms with E-state index in [1.165, 1.54) is 29.2 Å². The van der Waals surface area contributed by atoms with Crippen LogP contribution in [0.5, 0.6) is 0 Å². The van der Waals surface area contributed by atoms with Crippen LogP contribution in [0.25, 0.3) is 6.08 Å². The Morgan fingerprint density at radius 1 is 1.00 bits per heavy atom. The highest BCUT2D eigenvalue weighted by Gasteiger charge is 2.44. The van der Waals surface area contributed by atoms with Crippen LogP contribution >= 0.6 is 0 Å². The smallest absolute Gasteiger partial charge is 0.294 e. The molecule has 0 aromatic heterocycles. The van der Waals surface area contributed by atoms with Crippen LogP contribution in [0.3, 0.4) is 0 Å². The van der Waals surface area contributed by atoms with Crippen molar-refractivity contribution in [1.29, 1.82) is 0 Å². The number of aliphatic hydroxyl groups excluding tert-OH is 1. The largest absolute Gasteiger partial charge is 0.503 e. The number of aryl methyl sites for hydroxylation is 1. The number of benzene rings is 3. The third-order valence-corrected chi connectivity index (χ3v) is 5.18. The second-order valence-corrected chi connectivity index (χ2v) is 7.31. The molecule has 1 aliphatic heterocycles. The van der Waals surface area contributed by atoms with Gasteiger partial charge in [-0.1, -0.05) is 66.7 Å². The van der Waals surface area contributed by atoms with Crippen LogP contribution in [0.2, 0.25) is 0 Å². The zero-order chi connectivity index (χ0) is 22.0. The van der Waals surface area contributed by atoms with Gasteiger partial charge in [-0.25, -0.2) is 4.39 Å². The number of carbonyl (C=O) groups is 2. The zero-order valence-corrected chi connectivity index (χ0v) is 16.8. The molecular formula is C26H20FNO3. The summed E-state index contributed by atoms with van der Waals surface area (Å²) in [6.45, 7) is 1.87. The molecule has 1 aliphatic rings. The summed E-state index contributed by atoms with van der Waals surface area (Å²) < 4.78 is 14.8. The van der Waals surface area contributed by atoms with Gasteiger partial charge >= 0.3 is 0 Å². The SMILES string of the molecule is Cc1cccc(N2C(=O)C(O)=C(C(=O)/C=C\c3ccccc3)[C@@H]2c2ccccc2F)c1. The first-order valence-corrected chi connectivity index (χ1v) is 9.82. The van der Waals surface area contributed by atoms with Crippen LogP contribution in [0, 0.1) is 12.7 Å². The lowest BCUT2D eigenvalue weighted by Crippen LogP contribution is -2.31. The van der Waals surface area contributed by atoms with Gasteiger partial charge in [0.05, 0.1) is 11.6 Å². The second-order valence-electron chi connectivity index (χ2n) is 7.31. The lowest BCUT2D eigenvalue weighted by molar-refractivity contribution is -0.117. The van der Waals surface area contributed by atoms with E-state index in [0.717, 1.165) is 11.1 Å². The van der Waals surface area contributed by atoms with Gasteiger partial charge in [-0.3, -0.25) is 14.5 Å². The molecule has 0 spiro atoms. The number of carbonyl (C=O) groups excluding carboxylic acids is 2. The van der Waals surface area contributed by atoms with Crippen molar-refractivity contribution in [1.82, 2.24) is 0 Å². The summed E-state index contributed by atoms with van der Waals surface area (Å²) in [5.41, 5.74) is 2.14. The molecule has 5 heteroatoms. The number of halogens is 1. The van der Waals surface area contributed by atoms with Crippen molar-refractivity contribution in [2.24, 2.45) is 0 Å².